The van der Waals surface area contributed by atoms with Crippen LogP contribution in [0.3, 0.4) is 0 Å². The van der Waals surface area contributed by atoms with Crippen molar-refractivity contribution >= 4 is 44.0 Å². The molecular formula is C26H35N9O7S2. The fourth-order valence-electron chi connectivity index (χ4n) is 3.71. The van der Waals surface area contributed by atoms with E-state index in [1.807, 2.05) is 31.1 Å². The predicted octanol–water partition coefficient (Wildman–Crippen LogP) is 2.98. The molecule has 3 aromatic rings. The van der Waals surface area contributed by atoms with Gasteiger partial charge in [-0.05, 0) is 57.4 Å². The molecule has 1 aromatic carbocycles. The first-order valence-electron chi connectivity index (χ1n) is 13.7. The molecule has 0 atom stereocenters. The summed E-state index contributed by atoms with van der Waals surface area (Å²) in [6.07, 6.45) is 2.33. The summed E-state index contributed by atoms with van der Waals surface area (Å²) in [7, 11) is -9.68. The number of unbranched alkanes of at least 4 members (excludes halogenated alkanes) is 1. The van der Waals surface area contributed by atoms with Crippen LogP contribution >= 0.6 is 0 Å². The maximum Gasteiger partial charge on any atom is 0.357 e. The second kappa shape index (κ2) is 15.0. The molecule has 2 heterocycles. The van der Waals surface area contributed by atoms with Crippen LogP contribution in [0.1, 0.15) is 56.4 Å². The van der Waals surface area contributed by atoms with E-state index in [1.54, 1.807) is 26.0 Å². The number of hydrogen-bond donors (Lipinski definition) is 4. The summed E-state index contributed by atoms with van der Waals surface area (Å²) in [6.45, 7) is 8.90. The van der Waals surface area contributed by atoms with Gasteiger partial charge in [-0.15, -0.1) is 4.41 Å². The maximum absolute atomic E-state index is 13.9. The van der Waals surface area contributed by atoms with Gasteiger partial charge < -0.3 is 0 Å². The molecule has 16 nitrogen and oxygen atoms in total. The van der Waals surface area contributed by atoms with Crippen LogP contribution in [0.25, 0.3) is 0 Å². The van der Waals surface area contributed by atoms with E-state index >= 15 is 0 Å². The van der Waals surface area contributed by atoms with Crippen LogP contribution in [0.15, 0.2) is 46.2 Å². The molecule has 0 aliphatic carbocycles. The Bertz CT molecular complexity index is 1680. The van der Waals surface area contributed by atoms with E-state index in [-0.39, 0.29) is 22.9 Å². The molecule has 44 heavy (non-hydrogen) atoms. The second-order valence-electron chi connectivity index (χ2n) is 9.36. The Morgan fingerprint density at radius 2 is 1.39 bits per heavy atom. The van der Waals surface area contributed by atoms with E-state index in [2.05, 4.69) is 30.6 Å². The van der Waals surface area contributed by atoms with Gasteiger partial charge in [0, 0.05) is 22.8 Å². The second-order valence-corrected chi connectivity index (χ2v) is 12.7. The van der Waals surface area contributed by atoms with E-state index in [0.29, 0.717) is 42.0 Å². The summed E-state index contributed by atoms with van der Waals surface area (Å²) in [5, 5.41) is 4.56. The van der Waals surface area contributed by atoms with Gasteiger partial charge in [-0.1, -0.05) is 44.2 Å². The van der Waals surface area contributed by atoms with E-state index in [0.717, 1.165) is 18.6 Å². The normalized spacial score (nSPS) is 11.6. The van der Waals surface area contributed by atoms with Crippen molar-refractivity contribution in [2.24, 2.45) is 0 Å². The predicted molar refractivity (Wildman–Crippen MR) is 160 cm³/mol. The molecule has 4 N–H and O–H groups in total. The summed E-state index contributed by atoms with van der Waals surface area (Å²) in [4.78, 5) is 48.4. The van der Waals surface area contributed by atoms with E-state index in [9.17, 15) is 26.4 Å². The average Bonchev–Trinajstić information content (AvgIpc) is 2.97. The lowest BCUT2D eigenvalue weighted by atomic mass is 10.2. The number of hydrogen-bond acceptors (Lipinski definition) is 11. The number of aryl methyl sites for hydroxylation is 4. The van der Waals surface area contributed by atoms with E-state index < -0.39 is 41.9 Å². The monoisotopic (exact) mass is 649 g/mol. The molecule has 3 rings (SSSR count). The first kappa shape index (κ1) is 34.2. The van der Waals surface area contributed by atoms with Gasteiger partial charge in [0.05, 0.1) is 6.61 Å². The number of aromatic nitrogens is 4. The molecule has 0 spiro atoms. The van der Waals surface area contributed by atoms with Crippen LogP contribution in [-0.2, 0) is 37.7 Å². The molecule has 0 aliphatic heterocycles. The molecule has 0 aliphatic rings. The summed E-state index contributed by atoms with van der Waals surface area (Å²) in [5.41, 5.74) is 4.15. The maximum atomic E-state index is 13.9. The molecule has 0 saturated carbocycles. The quantitative estimate of drug-likeness (QED) is 0.165. The molecule has 0 fully saturated rings. The van der Waals surface area contributed by atoms with E-state index in [4.69, 9.17) is 4.84 Å². The van der Waals surface area contributed by atoms with Gasteiger partial charge in [-0.2, -0.15) is 8.42 Å². The van der Waals surface area contributed by atoms with Crippen molar-refractivity contribution in [1.82, 2.24) is 34.7 Å². The van der Waals surface area contributed by atoms with Gasteiger partial charge in [-0.25, -0.2) is 43.4 Å². The number of hydrazine groups is 1. The number of anilines is 2. The minimum Gasteiger partial charge on any atom is -0.287 e. The zero-order valence-electron chi connectivity index (χ0n) is 24.9. The Labute approximate surface area is 256 Å². The Kier molecular flexibility index (Phi) is 11.6. The van der Waals surface area contributed by atoms with Crippen LogP contribution in [0.5, 0.6) is 0 Å². The van der Waals surface area contributed by atoms with Crippen LogP contribution < -0.4 is 20.9 Å². The zero-order chi connectivity index (χ0) is 32.5. The highest BCUT2D eigenvalue weighted by Crippen LogP contribution is 2.24. The number of benzene rings is 1. The van der Waals surface area contributed by atoms with Crippen molar-refractivity contribution in [2.45, 2.75) is 70.1 Å². The largest absolute Gasteiger partial charge is 0.357 e. The SMILES string of the molecule is CCCCONS(=O)(=O)c1ccccc1S(=O)(=O)N(NC(=O)Nc1nc(CC)cc(CC)n1)C(=O)Nc1nc(C)cc(C)n1. The lowest BCUT2D eigenvalue weighted by Crippen LogP contribution is -2.53. The average molecular weight is 650 g/mol. The summed E-state index contributed by atoms with van der Waals surface area (Å²) >= 11 is 0. The molecule has 0 radical (unpaired) electrons. The minimum atomic E-state index is -5.12. The molecule has 238 valence electrons. The zero-order valence-corrected chi connectivity index (χ0v) is 26.5. The smallest absolute Gasteiger partial charge is 0.287 e. The molecule has 4 amide bonds. The topological polar surface area (TPSA) is 215 Å². The van der Waals surface area contributed by atoms with Crippen molar-refractivity contribution in [3.63, 3.8) is 0 Å². The number of nitrogens with one attached hydrogen (secondary N) is 4. The van der Waals surface area contributed by atoms with Gasteiger partial charge in [0.1, 0.15) is 9.79 Å². The Morgan fingerprint density at radius 1 is 0.818 bits per heavy atom. The third-order valence-electron chi connectivity index (χ3n) is 5.80. The van der Waals surface area contributed by atoms with Gasteiger partial charge >= 0.3 is 12.1 Å². The van der Waals surface area contributed by atoms with Gasteiger partial charge in [0.2, 0.25) is 11.9 Å². The van der Waals surface area contributed by atoms with Crippen molar-refractivity contribution < 1.29 is 31.3 Å². The van der Waals surface area contributed by atoms with Crippen LogP contribution in [-0.4, -0.2) is 59.9 Å². The van der Waals surface area contributed by atoms with Gasteiger partial charge in [0.25, 0.3) is 20.0 Å². The van der Waals surface area contributed by atoms with E-state index in [1.165, 1.54) is 12.1 Å². The number of carbonyl (C=O) groups excluding carboxylic acids is 2. The third-order valence-corrected chi connectivity index (χ3v) is 8.85. The standard InChI is InChI=1S/C26H35N9O7S2/c1-6-9-14-42-34-43(38,39)21-12-10-11-13-22(21)44(40,41)35(26(37)32-23-27-17(4)15-18(5)28-23)33-25(36)31-24-29-19(7-2)16-20(8-3)30-24/h10-13,15-16,34H,6-9,14H2,1-5H3,(H,27,28,32,37)(H2,29,30,31,33,36). The highest BCUT2D eigenvalue weighted by Gasteiger charge is 2.36. The fraction of sp³-hybridized carbons (Fsp3) is 0.385. The molecule has 0 bridgehead atoms. The lowest BCUT2D eigenvalue weighted by Gasteiger charge is -2.24. The molecule has 2 aromatic heterocycles. The van der Waals surface area contributed by atoms with Crippen molar-refractivity contribution in [1.29, 1.82) is 0 Å². The first-order chi connectivity index (χ1) is 20.8. The van der Waals surface area contributed by atoms with Crippen molar-refractivity contribution in [3.8, 4) is 0 Å². The van der Waals surface area contributed by atoms with Gasteiger partial charge in [0.15, 0.2) is 0 Å². The van der Waals surface area contributed by atoms with Crippen LogP contribution in [0.2, 0.25) is 0 Å². The number of urea groups is 2. The molecule has 0 saturated heterocycles. The number of carbonyl (C=O) groups is 2. The van der Waals surface area contributed by atoms with Crippen LogP contribution in [0.4, 0.5) is 21.5 Å². The molecular weight excluding hydrogens is 614 g/mol. The number of amides is 4. The summed E-state index contributed by atoms with van der Waals surface area (Å²) in [6, 6.07) is 5.28. The Balaban J connectivity index is 2.03. The van der Waals surface area contributed by atoms with Crippen molar-refractivity contribution in [2.75, 3.05) is 17.2 Å². The van der Waals surface area contributed by atoms with Crippen molar-refractivity contribution in [3.05, 3.63) is 59.2 Å². The molecule has 18 heteroatoms. The third kappa shape index (κ3) is 8.88. The summed E-state index contributed by atoms with van der Waals surface area (Å²) < 4.78 is 53.9. The molecule has 0 unspecified atom stereocenters. The number of rotatable bonds is 12. The first-order valence-corrected chi connectivity index (χ1v) is 16.6. The minimum absolute atomic E-state index is 0.0395. The highest BCUT2D eigenvalue weighted by molar-refractivity contribution is 7.92. The van der Waals surface area contributed by atoms with Crippen LogP contribution in [0, 0.1) is 13.8 Å². The number of nitrogens with zero attached hydrogens (tertiary/aromatic N) is 5. The number of sulfonamides is 2. The Hall–Kier alpha value is -4.26. The van der Waals surface area contributed by atoms with Gasteiger partial charge in [-0.3, -0.25) is 15.5 Å². The highest BCUT2D eigenvalue weighted by atomic mass is 32.2. The fourth-order valence-corrected chi connectivity index (χ4v) is 6.51. The Morgan fingerprint density at radius 3 is 1.95 bits per heavy atom. The summed E-state index contributed by atoms with van der Waals surface area (Å²) in [5.74, 6) is -0.390. The lowest BCUT2D eigenvalue weighted by molar-refractivity contribution is 0.0906.